The van der Waals surface area contributed by atoms with Gasteiger partial charge in [-0.15, -0.1) is 11.6 Å². The van der Waals surface area contributed by atoms with Gasteiger partial charge in [-0.3, -0.25) is 0 Å². The lowest BCUT2D eigenvalue weighted by atomic mass is 10.1. The second kappa shape index (κ2) is 6.73. The van der Waals surface area contributed by atoms with E-state index in [0.717, 1.165) is 18.9 Å². The van der Waals surface area contributed by atoms with Crippen LogP contribution in [-0.2, 0) is 0 Å². The van der Waals surface area contributed by atoms with Crippen LogP contribution in [0.5, 0.6) is 0 Å². The Bertz CT molecular complexity index is 104. The average molecular weight is 192 g/mol. The Hall–Kier alpha value is 0.250. The molecule has 0 aromatic heterocycles. The van der Waals surface area contributed by atoms with Crippen molar-refractivity contribution in [2.45, 2.75) is 52.0 Å². The van der Waals surface area contributed by atoms with E-state index in [0.29, 0.717) is 6.04 Å². The van der Waals surface area contributed by atoms with E-state index in [9.17, 15) is 0 Å². The molecule has 0 aromatic rings. The van der Waals surface area contributed by atoms with E-state index in [4.69, 9.17) is 11.6 Å². The highest BCUT2D eigenvalue weighted by atomic mass is 35.5. The van der Waals surface area contributed by atoms with Gasteiger partial charge in [0.15, 0.2) is 0 Å². The van der Waals surface area contributed by atoms with Gasteiger partial charge >= 0.3 is 0 Å². The topological polar surface area (TPSA) is 12.0 Å². The molecule has 0 radical (unpaired) electrons. The van der Waals surface area contributed by atoms with Gasteiger partial charge in [0.05, 0.1) is 0 Å². The highest BCUT2D eigenvalue weighted by Gasteiger charge is 2.06. The van der Waals surface area contributed by atoms with Crippen molar-refractivity contribution in [3.8, 4) is 0 Å². The van der Waals surface area contributed by atoms with E-state index in [-0.39, 0.29) is 5.38 Å². The lowest BCUT2D eigenvalue weighted by Gasteiger charge is -2.17. The molecule has 0 aromatic carbocycles. The molecular formula is C10H22ClN. The minimum Gasteiger partial charge on any atom is -0.314 e. The Balaban J connectivity index is 3.36. The number of halogens is 1. The minimum atomic E-state index is 0.282. The SMILES string of the molecule is CCC(C)CNC(C)CC(C)Cl. The Morgan fingerprint density at radius 2 is 1.83 bits per heavy atom. The van der Waals surface area contributed by atoms with Gasteiger partial charge in [-0.1, -0.05) is 20.3 Å². The lowest BCUT2D eigenvalue weighted by molar-refractivity contribution is 0.437. The van der Waals surface area contributed by atoms with Crippen LogP contribution in [0.25, 0.3) is 0 Å². The zero-order chi connectivity index (χ0) is 9.56. The third kappa shape index (κ3) is 6.93. The zero-order valence-electron chi connectivity index (χ0n) is 8.73. The number of hydrogen-bond acceptors (Lipinski definition) is 1. The summed E-state index contributed by atoms with van der Waals surface area (Å²) in [6.07, 6.45) is 2.30. The van der Waals surface area contributed by atoms with Crippen LogP contribution in [0.4, 0.5) is 0 Å². The van der Waals surface area contributed by atoms with E-state index >= 15 is 0 Å². The smallest absolute Gasteiger partial charge is 0.0322 e. The second-order valence-corrected chi connectivity index (χ2v) is 4.58. The average Bonchev–Trinajstić information content (AvgIpc) is 1.99. The van der Waals surface area contributed by atoms with Gasteiger partial charge in [-0.05, 0) is 32.7 Å². The fourth-order valence-electron chi connectivity index (χ4n) is 1.12. The first-order valence-electron chi connectivity index (χ1n) is 4.93. The summed E-state index contributed by atoms with van der Waals surface area (Å²) in [6.45, 7) is 9.84. The molecule has 0 saturated carbocycles. The van der Waals surface area contributed by atoms with Gasteiger partial charge in [0, 0.05) is 11.4 Å². The number of nitrogens with one attached hydrogen (secondary N) is 1. The van der Waals surface area contributed by atoms with E-state index in [2.05, 4.69) is 26.1 Å². The lowest BCUT2D eigenvalue weighted by Crippen LogP contribution is -2.31. The predicted octanol–water partition coefficient (Wildman–Crippen LogP) is 3.03. The van der Waals surface area contributed by atoms with Crippen molar-refractivity contribution < 1.29 is 0 Å². The highest BCUT2D eigenvalue weighted by Crippen LogP contribution is 2.05. The first-order chi connectivity index (χ1) is 5.56. The van der Waals surface area contributed by atoms with Gasteiger partial charge in [0.1, 0.15) is 0 Å². The molecule has 0 heterocycles. The van der Waals surface area contributed by atoms with Crippen molar-refractivity contribution in [2.75, 3.05) is 6.54 Å². The quantitative estimate of drug-likeness (QED) is 0.637. The number of rotatable bonds is 6. The van der Waals surface area contributed by atoms with E-state index < -0.39 is 0 Å². The van der Waals surface area contributed by atoms with Crippen molar-refractivity contribution in [3.05, 3.63) is 0 Å². The molecule has 0 fully saturated rings. The fraction of sp³-hybridized carbons (Fsp3) is 1.00. The first kappa shape index (κ1) is 12.2. The third-order valence-electron chi connectivity index (χ3n) is 2.19. The minimum absolute atomic E-state index is 0.282. The predicted molar refractivity (Wildman–Crippen MR) is 56.9 cm³/mol. The standard InChI is InChI=1S/C10H22ClN/c1-5-8(2)7-12-10(4)6-9(3)11/h8-10,12H,5-7H2,1-4H3. The Labute approximate surface area is 81.9 Å². The molecule has 0 aliphatic rings. The third-order valence-corrected chi connectivity index (χ3v) is 2.37. The number of alkyl halides is 1. The molecule has 0 bridgehead atoms. The molecule has 3 unspecified atom stereocenters. The van der Waals surface area contributed by atoms with Crippen LogP contribution in [0, 0.1) is 5.92 Å². The molecule has 3 atom stereocenters. The summed E-state index contributed by atoms with van der Waals surface area (Å²) in [7, 11) is 0. The van der Waals surface area contributed by atoms with Gasteiger partial charge in [0.25, 0.3) is 0 Å². The van der Waals surface area contributed by atoms with Crippen LogP contribution in [-0.4, -0.2) is 18.0 Å². The summed E-state index contributed by atoms with van der Waals surface area (Å²) in [5, 5.41) is 3.76. The molecule has 0 aliphatic carbocycles. The summed E-state index contributed by atoms with van der Waals surface area (Å²) in [6, 6.07) is 0.548. The Morgan fingerprint density at radius 1 is 1.25 bits per heavy atom. The van der Waals surface area contributed by atoms with Crippen molar-refractivity contribution in [1.29, 1.82) is 0 Å². The van der Waals surface area contributed by atoms with E-state index in [1.54, 1.807) is 0 Å². The molecule has 1 N–H and O–H groups in total. The summed E-state index contributed by atoms with van der Waals surface area (Å²) in [5.41, 5.74) is 0. The largest absolute Gasteiger partial charge is 0.314 e. The van der Waals surface area contributed by atoms with E-state index in [1.807, 2.05) is 6.92 Å². The van der Waals surface area contributed by atoms with Gasteiger partial charge in [-0.25, -0.2) is 0 Å². The molecule has 12 heavy (non-hydrogen) atoms. The van der Waals surface area contributed by atoms with Crippen molar-refractivity contribution in [3.63, 3.8) is 0 Å². The molecule has 0 rings (SSSR count). The number of hydrogen-bond donors (Lipinski definition) is 1. The maximum absolute atomic E-state index is 5.88. The fourth-order valence-corrected chi connectivity index (χ4v) is 1.38. The maximum Gasteiger partial charge on any atom is 0.0322 e. The first-order valence-corrected chi connectivity index (χ1v) is 5.37. The van der Waals surface area contributed by atoms with Crippen LogP contribution >= 0.6 is 11.6 Å². The zero-order valence-corrected chi connectivity index (χ0v) is 9.49. The highest BCUT2D eigenvalue weighted by molar-refractivity contribution is 6.20. The summed E-state index contributed by atoms with van der Waals surface area (Å²) >= 11 is 5.88. The molecule has 0 spiro atoms. The van der Waals surface area contributed by atoms with Crippen LogP contribution < -0.4 is 5.32 Å². The van der Waals surface area contributed by atoms with Gasteiger partial charge in [-0.2, -0.15) is 0 Å². The van der Waals surface area contributed by atoms with Crippen LogP contribution in [0.1, 0.15) is 40.5 Å². The molecule has 1 nitrogen and oxygen atoms in total. The summed E-state index contributed by atoms with van der Waals surface area (Å²) in [5.74, 6) is 0.776. The molecule has 0 amide bonds. The molecule has 2 heteroatoms. The maximum atomic E-state index is 5.88. The molecule has 0 saturated heterocycles. The normalized spacial score (nSPS) is 18.8. The monoisotopic (exact) mass is 191 g/mol. The van der Waals surface area contributed by atoms with Crippen molar-refractivity contribution >= 4 is 11.6 Å². The van der Waals surface area contributed by atoms with Gasteiger partial charge in [0.2, 0.25) is 0 Å². The second-order valence-electron chi connectivity index (χ2n) is 3.84. The van der Waals surface area contributed by atoms with Gasteiger partial charge < -0.3 is 5.32 Å². The summed E-state index contributed by atoms with van der Waals surface area (Å²) in [4.78, 5) is 0. The Morgan fingerprint density at radius 3 is 2.25 bits per heavy atom. The van der Waals surface area contributed by atoms with Crippen molar-refractivity contribution in [1.82, 2.24) is 5.32 Å². The molecule has 0 aliphatic heterocycles. The van der Waals surface area contributed by atoms with Crippen LogP contribution in [0.2, 0.25) is 0 Å². The van der Waals surface area contributed by atoms with E-state index in [1.165, 1.54) is 6.42 Å². The Kier molecular flexibility index (Phi) is 6.87. The molecule has 74 valence electrons. The van der Waals surface area contributed by atoms with Crippen LogP contribution in [0.3, 0.4) is 0 Å². The van der Waals surface area contributed by atoms with Crippen molar-refractivity contribution in [2.24, 2.45) is 5.92 Å². The summed E-state index contributed by atoms with van der Waals surface area (Å²) < 4.78 is 0. The van der Waals surface area contributed by atoms with Crippen LogP contribution in [0.15, 0.2) is 0 Å². The molecular weight excluding hydrogens is 170 g/mol.